The van der Waals surface area contributed by atoms with Crippen molar-refractivity contribution in [3.63, 3.8) is 0 Å². The van der Waals surface area contributed by atoms with Crippen molar-refractivity contribution >= 4 is 21.6 Å². The maximum atomic E-state index is 13.5. The Kier molecular flexibility index (Phi) is 3.76. The number of anilines is 1. The van der Waals surface area contributed by atoms with Gasteiger partial charge in [-0.2, -0.15) is 0 Å². The van der Waals surface area contributed by atoms with Crippen LogP contribution < -0.4 is 5.32 Å². The van der Waals surface area contributed by atoms with Crippen molar-refractivity contribution in [3.05, 3.63) is 63.4 Å². The molecule has 20 heavy (non-hydrogen) atoms. The molecule has 2 aromatic carbocycles. The molecule has 2 nitrogen and oxygen atoms in total. The van der Waals surface area contributed by atoms with Crippen LogP contribution in [-0.2, 0) is 12.8 Å². The lowest BCUT2D eigenvalue weighted by Gasteiger charge is -2.16. The molecule has 1 unspecified atom stereocenters. The van der Waals surface area contributed by atoms with Gasteiger partial charge in [0.2, 0.25) is 0 Å². The van der Waals surface area contributed by atoms with E-state index in [-0.39, 0.29) is 5.82 Å². The average molecular weight is 336 g/mol. The lowest BCUT2D eigenvalue weighted by molar-refractivity contribution is 0.179. The molecule has 0 saturated heterocycles. The summed E-state index contributed by atoms with van der Waals surface area (Å²) in [5, 5.41) is 13.8. The van der Waals surface area contributed by atoms with Crippen LogP contribution in [0.15, 0.2) is 40.9 Å². The molecule has 0 spiro atoms. The van der Waals surface area contributed by atoms with Gasteiger partial charge in [0, 0.05) is 24.2 Å². The Hall–Kier alpha value is -1.39. The summed E-state index contributed by atoms with van der Waals surface area (Å²) in [7, 11) is 0. The number of rotatable bonds is 3. The number of fused-ring (bicyclic) bond motifs is 1. The summed E-state index contributed by atoms with van der Waals surface area (Å²) in [6.07, 6.45) is 0.726. The smallest absolute Gasteiger partial charge is 0.137 e. The second-order valence-corrected chi connectivity index (χ2v) is 5.78. The first kappa shape index (κ1) is 13.6. The zero-order chi connectivity index (χ0) is 14.1. The van der Waals surface area contributed by atoms with E-state index < -0.39 is 6.10 Å². The summed E-state index contributed by atoms with van der Waals surface area (Å²) in [6, 6.07) is 10.9. The van der Waals surface area contributed by atoms with E-state index in [1.165, 1.54) is 11.6 Å². The van der Waals surface area contributed by atoms with Crippen LogP contribution >= 0.6 is 15.9 Å². The highest BCUT2D eigenvalue weighted by atomic mass is 79.9. The van der Waals surface area contributed by atoms with Gasteiger partial charge in [-0.25, -0.2) is 4.39 Å². The summed E-state index contributed by atoms with van der Waals surface area (Å²) in [6.45, 7) is 0.905. The summed E-state index contributed by atoms with van der Waals surface area (Å²) in [4.78, 5) is 0. The summed E-state index contributed by atoms with van der Waals surface area (Å²) >= 11 is 3.24. The van der Waals surface area contributed by atoms with Crippen LogP contribution in [0, 0.1) is 5.82 Å². The van der Waals surface area contributed by atoms with Gasteiger partial charge < -0.3 is 10.4 Å². The fourth-order valence-corrected chi connectivity index (χ4v) is 3.09. The van der Waals surface area contributed by atoms with Crippen LogP contribution in [-0.4, -0.2) is 11.7 Å². The Labute approximate surface area is 125 Å². The van der Waals surface area contributed by atoms with E-state index in [1.54, 1.807) is 6.07 Å². The second-order valence-electron chi connectivity index (χ2n) is 4.99. The average Bonchev–Trinajstić information content (AvgIpc) is 2.92. The lowest BCUT2D eigenvalue weighted by atomic mass is 9.98. The molecule has 0 aliphatic carbocycles. The Bertz CT molecular complexity index is 644. The molecule has 2 aromatic rings. The van der Waals surface area contributed by atoms with E-state index in [9.17, 15) is 9.50 Å². The van der Waals surface area contributed by atoms with Crippen LogP contribution in [0.25, 0.3) is 0 Å². The predicted molar refractivity (Wildman–Crippen MR) is 81.4 cm³/mol. The minimum absolute atomic E-state index is 0.300. The molecule has 2 N–H and O–H groups in total. The molecule has 0 saturated carbocycles. The van der Waals surface area contributed by atoms with Crippen LogP contribution in [0.1, 0.15) is 22.8 Å². The Morgan fingerprint density at radius 1 is 1.25 bits per heavy atom. The van der Waals surface area contributed by atoms with E-state index in [1.807, 2.05) is 18.2 Å². The Morgan fingerprint density at radius 2 is 2.05 bits per heavy atom. The van der Waals surface area contributed by atoms with Crippen LogP contribution in [0.3, 0.4) is 0 Å². The molecule has 1 aliphatic heterocycles. The van der Waals surface area contributed by atoms with Gasteiger partial charge in [0.05, 0.1) is 10.6 Å². The molecule has 104 valence electrons. The van der Waals surface area contributed by atoms with Crippen molar-refractivity contribution in [2.45, 2.75) is 18.9 Å². The molecule has 1 heterocycles. The third kappa shape index (κ3) is 2.45. The number of aliphatic hydroxyl groups excluding tert-OH is 1. The number of halogens is 2. The van der Waals surface area contributed by atoms with E-state index in [0.29, 0.717) is 10.9 Å². The van der Waals surface area contributed by atoms with Gasteiger partial charge in [0.1, 0.15) is 5.82 Å². The first-order valence-electron chi connectivity index (χ1n) is 6.63. The fraction of sp³-hybridized carbons (Fsp3) is 0.250. The largest absolute Gasteiger partial charge is 0.388 e. The standard InChI is InChI=1S/C16H15BrFNO/c17-15-11(4-2-6-13(15)18)9-14(20)12-5-1-3-10-7-8-19-16(10)12/h1-6,14,19-20H,7-9H2. The molecule has 0 bridgehead atoms. The molecule has 4 heteroatoms. The summed E-state index contributed by atoms with van der Waals surface area (Å²) < 4.78 is 13.9. The van der Waals surface area contributed by atoms with E-state index in [4.69, 9.17) is 0 Å². The van der Waals surface area contributed by atoms with Crippen LogP contribution in [0.5, 0.6) is 0 Å². The lowest BCUT2D eigenvalue weighted by Crippen LogP contribution is -2.06. The van der Waals surface area contributed by atoms with Crippen molar-refractivity contribution in [3.8, 4) is 0 Å². The van der Waals surface area contributed by atoms with Gasteiger partial charge in [-0.1, -0.05) is 30.3 Å². The topological polar surface area (TPSA) is 32.3 Å². The van der Waals surface area contributed by atoms with Crippen LogP contribution in [0.2, 0.25) is 0 Å². The van der Waals surface area contributed by atoms with Gasteiger partial charge in [0.25, 0.3) is 0 Å². The number of benzene rings is 2. The van der Waals surface area contributed by atoms with Crippen molar-refractivity contribution < 1.29 is 9.50 Å². The number of hydrogen-bond acceptors (Lipinski definition) is 2. The minimum atomic E-state index is -0.645. The fourth-order valence-electron chi connectivity index (χ4n) is 2.67. The highest BCUT2D eigenvalue weighted by molar-refractivity contribution is 9.10. The first-order chi connectivity index (χ1) is 9.66. The molecular weight excluding hydrogens is 321 g/mol. The third-order valence-electron chi connectivity index (χ3n) is 3.68. The van der Waals surface area contributed by atoms with Crippen LogP contribution in [0.4, 0.5) is 10.1 Å². The summed E-state index contributed by atoms with van der Waals surface area (Å²) in [5.74, 6) is -0.300. The zero-order valence-electron chi connectivity index (χ0n) is 10.9. The second kappa shape index (κ2) is 5.54. The number of nitrogens with one attached hydrogen (secondary N) is 1. The van der Waals surface area contributed by atoms with Gasteiger partial charge in [0.15, 0.2) is 0 Å². The molecule has 3 rings (SSSR count). The van der Waals surface area contributed by atoms with Gasteiger partial charge in [-0.3, -0.25) is 0 Å². The number of para-hydroxylation sites is 1. The van der Waals surface area contributed by atoms with Crippen molar-refractivity contribution in [2.24, 2.45) is 0 Å². The molecular formula is C16H15BrFNO. The maximum Gasteiger partial charge on any atom is 0.137 e. The van der Waals surface area contributed by atoms with E-state index >= 15 is 0 Å². The first-order valence-corrected chi connectivity index (χ1v) is 7.42. The van der Waals surface area contributed by atoms with Gasteiger partial charge in [-0.15, -0.1) is 0 Å². The molecule has 0 radical (unpaired) electrons. The van der Waals surface area contributed by atoms with E-state index in [0.717, 1.165) is 29.8 Å². The molecule has 1 atom stereocenters. The van der Waals surface area contributed by atoms with Crippen molar-refractivity contribution in [1.29, 1.82) is 0 Å². The van der Waals surface area contributed by atoms with Gasteiger partial charge >= 0.3 is 0 Å². The molecule has 0 amide bonds. The predicted octanol–water partition coefficient (Wildman–Crippen LogP) is 3.83. The number of aliphatic hydroxyl groups is 1. The van der Waals surface area contributed by atoms with Crippen molar-refractivity contribution in [2.75, 3.05) is 11.9 Å². The number of hydrogen-bond donors (Lipinski definition) is 2. The third-order valence-corrected chi connectivity index (χ3v) is 4.57. The summed E-state index contributed by atoms with van der Waals surface area (Å²) in [5.41, 5.74) is 3.93. The Balaban J connectivity index is 1.89. The normalized spacial score (nSPS) is 14.8. The highest BCUT2D eigenvalue weighted by Gasteiger charge is 2.20. The highest BCUT2D eigenvalue weighted by Crippen LogP contribution is 2.33. The molecule has 0 fully saturated rings. The Morgan fingerprint density at radius 3 is 2.90 bits per heavy atom. The molecule has 0 aromatic heterocycles. The monoisotopic (exact) mass is 335 g/mol. The maximum absolute atomic E-state index is 13.5. The van der Waals surface area contributed by atoms with E-state index in [2.05, 4.69) is 27.3 Å². The zero-order valence-corrected chi connectivity index (χ0v) is 12.5. The quantitative estimate of drug-likeness (QED) is 0.893. The SMILES string of the molecule is OC(Cc1cccc(F)c1Br)c1cccc2c1NCC2. The van der Waals surface area contributed by atoms with Gasteiger partial charge in [-0.05, 0) is 39.5 Å². The minimum Gasteiger partial charge on any atom is -0.388 e. The van der Waals surface area contributed by atoms with Crippen molar-refractivity contribution in [1.82, 2.24) is 0 Å². The molecule has 1 aliphatic rings.